The van der Waals surface area contributed by atoms with Gasteiger partial charge < -0.3 is 20.7 Å². The first-order valence-electron chi connectivity index (χ1n) is 7.60. The van der Waals surface area contributed by atoms with Crippen molar-refractivity contribution in [3.63, 3.8) is 0 Å². The summed E-state index contributed by atoms with van der Waals surface area (Å²) in [5.74, 6) is -0.159. The Morgan fingerprint density at radius 3 is 2.50 bits per heavy atom. The molecular weight excluding hydrogens is 304 g/mol. The molecule has 0 radical (unpaired) electrons. The molecule has 1 aromatic heterocycles. The number of aromatic hydroxyl groups is 1. The topological polar surface area (TPSA) is 89.5 Å². The molecule has 4 rings (SSSR count). The van der Waals surface area contributed by atoms with Gasteiger partial charge in [0.25, 0.3) is 0 Å². The number of Topliss-reactive ketones (excluding diaryl/α,β-unsaturated/α-hetero) is 1. The van der Waals surface area contributed by atoms with E-state index >= 15 is 0 Å². The van der Waals surface area contributed by atoms with E-state index in [1.165, 1.54) is 0 Å². The molecule has 0 fully saturated rings. The minimum absolute atomic E-state index is 0.0378. The highest BCUT2D eigenvalue weighted by molar-refractivity contribution is 6.55. The van der Waals surface area contributed by atoms with E-state index in [0.717, 1.165) is 16.9 Å². The largest absolute Gasteiger partial charge is 0.505 e. The average molecular weight is 320 g/mol. The average Bonchev–Trinajstić information content (AvgIpc) is 3.11. The van der Waals surface area contributed by atoms with Gasteiger partial charge in [-0.05, 0) is 36.4 Å². The Balaban J connectivity index is 1.84. The summed E-state index contributed by atoms with van der Waals surface area (Å²) in [4.78, 5) is 20.2. The third-order valence-corrected chi connectivity index (χ3v) is 4.27. The van der Waals surface area contributed by atoms with Crippen molar-refractivity contribution >= 4 is 39.5 Å². The number of nitrogens with zero attached hydrogens (tertiary/aromatic N) is 1. The number of aromatic amines is 1. The minimum Gasteiger partial charge on any atom is -0.505 e. The molecule has 0 saturated carbocycles. The molecule has 3 aromatic rings. The molecule has 0 spiro atoms. The molecule has 1 aliphatic heterocycles. The molecule has 0 bridgehead atoms. The third-order valence-electron chi connectivity index (χ3n) is 4.27. The Hall–Kier alpha value is -3.28. The van der Waals surface area contributed by atoms with E-state index < -0.39 is 0 Å². The lowest BCUT2D eigenvalue weighted by atomic mass is 10.1. The van der Waals surface area contributed by atoms with Gasteiger partial charge >= 0.3 is 0 Å². The van der Waals surface area contributed by atoms with Crippen molar-refractivity contribution in [2.45, 2.75) is 0 Å². The number of H-pyrrole nitrogens is 1. The molecular formula is C18H16N4O2. The lowest BCUT2D eigenvalue weighted by molar-refractivity contribution is 0.107. The van der Waals surface area contributed by atoms with Crippen LogP contribution < -0.4 is 10.6 Å². The lowest BCUT2D eigenvalue weighted by Crippen LogP contribution is -2.11. The van der Waals surface area contributed by atoms with Crippen LogP contribution >= 0.6 is 0 Å². The Morgan fingerprint density at radius 1 is 1.04 bits per heavy atom. The van der Waals surface area contributed by atoms with Crippen molar-refractivity contribution in [2.75, 3.05) is 24.7 Å². The molecule has 6 nitrogen and oxygen atoms in total. The number of rotatable bonds is 3. The first-order chi connectivity index (χ1) is 11.6. The zero-order valence-corrected chi connectivity index (χ0v) is 13.3. The van der Waals surface area contributed by atoms with Gasteiger partial charge in [0.2, 0.25) is 5.78 Å². The number of anilines is 2. The van der Waals surface area contributed by atoms with Crippen LogP contribution in [0.25, 0.3) is 10.9 Å². The van der Waals surface area contributed by atoms with Crippen LogP contribution in [0, 0.1) is 0 Å². The Morgan fingerprint density at radius 2 is 1.75 bits per heavy atom. The molecule has 6 heteroatoms. The van der Waals surface area contributed by atoms with Crippen LogP contribution in [0.3, 0.4) is 0 Å². The van der Waals surface area contributed by atoms with Gasteiger partial charge in [0.05, 0.1) is 11.3 Å². The summed E-state index contributed by atoms with van der Waals surface area (Å²) in [6.07, 6.45) is 0. The molecule has 0 unspecified atom stereocenters. The highest BCUT2D eigenvalue weighted by atomic mass is 16.3. The molecule has 0 saturated heterocycles. The Labute approximate surface area is 138 Å². The normalized spacial score (nSPS) is 13.1. The molecule has 0 aliphatic carbocycles. The SMILES string of the molecule is CNc1ccc2c(c1)C(=O)C(c1[nH]c3ccc(NC)cc3c1O)=N2. The molecule has 1 aliphatic rings. The van der Waals surface area contributed by atoms with Gasteiger partial charge in [0.15, 0.2) is 5.75 Å². The fourth-order valence-corrected chi connectivity index (χ4v) is 2.94. The molecule has 2 aromatic carbocycles. The summed E-state index contributed by atoms with van der Waals surface area (Å²) >= 11 is 0. The van der Waals surface area contributed by atoms with E-state index in [0.29, 0.717) is 22.3 Å². The van der Waals surface area contributed by atoms with Gasteiger partial charge in [-0.25, -0.2) is 4.99 Å². The number of hydrogen-bond donors (Lipinski definition) is 4. The van der Waals surface area contributed by atoms with E-state index in [1.54, 1.807) is 19.2 Å². The Bertz CT molecular complexity index is 1020. The second-order valence-corrected chi connectivity index (χ2v) is 5.63. The number of aliphatic imine (C=N–C) groups is 1. The van der Waals surface area contributed by atoms with Crippen molar-refractivity contribution in [3.8, 4) is 5.75 Å². The second-order valence-electron chi connectivity index (χ2n) is 5.63. The van der Waals surface area contributed by atoms with Crippen molar-refractivity contribution in [1.82, 2.24) is 4.98 Å². The van der Waals surface area contributed by atoms with Crippen LogP contribution in [-0.2, 0) is 0 Å². The summed E-state index contributed by atoms with van der Waals surface area (Å²) in [5, 5.41) is 17.3. The van der Waals surface area contributed by atoms with Crippen molar-refractivity contribution < 1.29 is 9.90 Å². The van der Waals surface area contributed by atoms with Crippen molar-refractivity contribution in [2.24, 2.45) is 4.99 Å². The number of nitrogens with one attached hydrogen (secondary N) is 3. The van der Waals surface area contributed by atoms with E-state index in [2.05, 4.69) is 20.6 Å². The zero-order chi connectivity index (χ0) is 16.8. The maximum Gasteiger partial charge on any atom is 0.215 e. The zero-order valence-electron chi connectivity index (χ0n) is 13.3. The van der Waals surface area contributed by atoms with Crippen LogP contribution in [-0.4, -0.2) is 35.7 Å². The smallest absolute Gasteiger partial charge is 0.215 e. The van der Waals surface area contributed by atoms with E-state index in [1.807, 2.05) is 31.3 Å². The minimum atomic E-state index is -0.196. The highest BCUT2D eigenvalue weighted by Gasteiger charge is 2.29. The molecule has 24 heavy (non-hydrogen) atoms. The molecule has 2 heterocycles. The third kappa shape index (κ3) is 1.96. The summed E-state index contributed by atoms with van der Waals surface area (Å²) in [7, 11) is 3.61. The van der Waals surface area contributed by atoms with Crippen molar-refractivity contribution in [1.29, 1.82) is 0 Å². The first kappa shape index (κ1) is 14.3. The number of hydrogen-bond acceptors (Lipinski definition) is 5. The number of fused-ring (bicyclic) bond motifs is 2. The van der Waals surface area contributed by atoms with Gasteiger partial charge in [-0.15, -0.1) is 0 Å². The standard InChI is InChI=1S/C18H16N4O2/c1-19-9-3-5-13-11(7-9)17(23)15(21-13)16-18(24)12-8-10(20-2)4-6-14(12)22-16/h3-8,19-21,23H,1-2H3. The van der Waals surface area contributed by atoms with Gasteiger partial charge in [0.1, 0.15) is 11.4 Å². The van der Waals surface area contributed by atoms with Crippen LogP contribution in [0.2, 0.25) is 0 Å². The van der Waals surface area contributed by atoms with Gasteiger partial charge in [-0.3, -0.25) is 4.79 Å². The number of carbonyl (C=O) groups is 1. The summed E-state index contributed by atoms with van der Waals surface area (Å²) in [6, 6.07) is 11.0. The fraction of sp³-hybridized carbons (Fsp3) is 0.111. The molecule has 0 amide bonds. The van der Waals surface area contributed by atoms with Crippen LogP contribution in [0.1, 0.15) is 16.1 Å². The first-order valence-corrected chi connectivity index (χ1v) is 7.60. The predicted octanol–water partition coefficient (Wildman–Crippen LogP) is 3.27. The monoisotopic (exact) mass is 320 g/mol. The van der Waals surface area contributed by atoms with E-state index in [-0.39, 0.29) is 17.2 Å². The maximum atomic E-state index is 12.7. The van der Waals surface area contributed by atoms with Crippen LogP contribution in [0.4, 0.5) is 17.1 Å². The fourth-order valence-electron chi connectivity index (χ4n) is 2.94. The van der Waals surface area contributed by atoms with Crippen LogP contribution in [0.15, 0.2) is 41.4 Å². The summed E-state index contributed by atoms with van der Waals surface area (Å²) in [6.45, 7) is 0. The quantitative estimate of drug-likeness (QED) is 0.596. The van der Waals surface area contributed by atoms with Gasteiger partial charge in [0, 0.05) is 36.4 Å². The van der Waals surface area contributed by atoms with Gasteiger partial charge in [-0.2, -0.15) is 0 Å². The number of benzene rings is 2. The second kappa shape index (κ2) is 5.13. The number of aromatic nitrogens is 1. The predicted molar refractivity (Wildman–Crippen MR) is 96.0 cm³/mol. The number of ketones is 1. The van der Waals surface area contributed by atoms with E-state index in [4.69, 9.17) is 0 Å². The molecule has 4 N–H and O–H groups in total. The summed E-state index contributed by atoms with van der Waals surface area (Å²) in [5.41, 5.74) is 4.21. The lowest BCUT2D eigenvalue weighted by Gasteiger charge is -2.01. The Kier molecular flexibility index (Phi) is 3.06. The van der Waals surface area contributed by atoms with Crippen molar-refractivity contribution in [3.05, 3.63) is 47.7 Å². The summed E-state index contributed by atoms with van der Waals surface area (Å²) < 4.78 is 0. The van der Waals surface area contributed by atoms with Crippen LogP contribution in [0.5, 0.6) is 5.75 Å². The number of carbonyl (C=O) groups excluding carboxylic acids is 1. The van der Waals surface area contributed by atoms with Gasteiger partial charge in [-0.1, -0.05) is 0 Å². The molecule has 0 atom stereocenters. The molecule has 120 valence electrons. The highest BCUT2D eigenvalue weighted by Crippen LogP contribution is 2.36. The van der Waals surface area contributed by atoms with E-state index in [9.17, 15) is 9.90 Å². The maximum absolute atomic E-state index is 12.7.